The molecule has 0 aliphatic heterocycles. The molecule has 64 valence electrons. The number of aromatic nitrogens is 1. The van der Waals surface area contributed by atoms with E-state index in [2.05, 4.69) is 4.98 Å². The van der Waals surface area contributed by atoms with Crippen LogP contribution in [-0.2, 0) is 6.54 Å². The van der Waals surface area contributed by atoms with Crippen LogP contribution in [0.1, 0.15) is 5.56 Å². The maximum Gasteiger partial charge on any atom is 0.314 e. The Kier molecular flexibility index (Phi) is 2.63. The Hall–Kier alpha value is -1.58. The van der Waals surface area contributed by atoms with Gasteiger partial charge in [-0.1, -0.05) is 0 Å². The molecule has 0 saturated carbocycles. The molecular formula is C8H11N3O. The number of rotatable bonds is 2. The van der Waals surface area contributed by atoms with E-state index in [0.717, 1.165) is 5.56 Å². The number of nitrogens with zero attached hydrogens (tertiary/aromatic N) is 2. The number of urea groups is 1. The first-order valence-corrected chi connectivity index (χ1v) is 3.59. The van der Waals surface area contributed by atoms with Crippen LogP contribution < -0.4 is 5.73 Å². The van der Waals surface area contributed by atoms with E-state index >= 15 is 0 Å². The van der Waals surface area contributed by atoms with Gasteiger partial charge in [0.15, 0.2) is 0 Å². The molecule has 1 heterocycles. The second-order valence-electron chi connectivity index (χ2n) is 2.55. The van der Waals surface area contributed by atoms with E-state index in [1.807, 2.05) is 12.1 Å². The largest absolute Gasteiger partial charge is 0.351 e. The highest BCUT2D eigenvalue weighted by Crippen LogP contribution is 1.99. The minimum Gasteiger partial charge on any atom is -0.351 e. The van der Waals surface area contributed by atoms with E-state index in [4.69, 9.17) is 5.73 Å². The molecule has 1 aromatic rings. The summed E-state index contributed by atoms with van der Waals surface area (Å²) in [5.41, 5.74) is 6.07. The van der Waals surface area contributed by atoms with Crippen LogP contribution in [0.15, 0.2) is 24.5 Å². The fourth-order valence-corrected chi connectivity index (χ4v) is 0.840. The van der Waals surface area contributed by atoms with Gasteiger partial charge in [-0.15, -0.1) is 0 Å². The van der Waals surface area contributed by atoms with Crippen LogP contribution in [0.4, 0.5) is 4.79 Å². The summed E-state index contributed by atoms with van der Waals surface area (Å²) in [6.07, 6.45) is 3.37. The summed E-state index contributed by atoms with van der Waals surface area (Å²) in [5.74, 6) is 0. The predicted molar refractivity (Wildman–Crippen MR) is 45.3 cm³/mol. The first-order valence-electron chi connectivity index (χ1n) is 3.59. The van der Waals surface area contributed by atoms with E-state index in [1.54, 1.807) is 19.4 Å². The molecule has 0 radical (unpaired) electrons. The van der Waals surface area contributed by atoms with Crippen molar-refractivity contribution in [2.75, 3.05) is 7.05 Å². The molecule has 2 N–H and O–H groups in total. The molecule has 4 heteroatoms. The molecule has 1 aromatic heterocycles. The first kappa shape index (κ1) is 8.52. The maximum atomic E-state index is 10.6. The summed E-state index contributed by atoms with van der Waals surface area (Å²) in [5, 5.41) is 0. The number of primary amides is 1. The smallest absolute Gasteiger partial charge is 0.314 e. The minimum absolute atomic E-state index is 0.424. The van der Waals surface area contributed by atoms with Gasteiger partial charge in [0.05, 0.1) is 0 Å². The van der Waals surface area contributed by atoms with Gasteiger partial charge in [0, 0.05) is 26.0 Å². The Morgan fingerprint density at radius 3 is 2.67 bits per heavy atom. The molecule has 12 heavy (non-hydrogen) atoms. The molecule has 0 saturated heterocycles. The molecule has 0 aliphatic carbocycles. The summed E-state index contributed by atoms with van der Waals surface area (Å²) < 4.78 is 0. The van der Waals surface area contributed by atoms with E-state index < -0.39 is 6.03 Å². The van der Waals surface area contributed by atoms with E-state index in [-0.39, 0.29) is 0 Å². The molecule has 0 atom stereocenters. The lowest BCUT2D eigenvalue weighted by Gasteiger charge is -2.13. The third kappa shape index (κ3) is 2.23. The quantitative estimate of drug-likeness (QED) is 0.697. The van der Waals surface area contributed by atoms with Gasteiger partial charge in [-0.3, -0.25) is 4.98 Å². The summed E-state index contributed by atoms with van der Waals surface area (Å²) in [6.45, 7) is 0.526. The van der Waals surface area contributed by atoms with Crippen molar-refractivity contribution >= 4 is 6.03 Å². The molecule has 0 unspecified atom stereocenters. The van der Waals surface area contributed by atoms with Gasteiger partial charge in [0.1, 0.15) is 0 Å². The van der Waals surface area contributed by atoms with Gasteiger partial charge in [0.2, 0.25) is 0 Å². The molecule has 4 nitrogen and oxygen atoms in total. The molecular weight excluding hydrogens is 154 g/mol. The van der Waals surface area contributed by atoms with Crippen molar-refractivity contribution in [2.24, 2.45) is 5.73 Å². The average molecular weight is 165 g/mol. The zero-order chi connectivity index (χ0) is 8.97. The third-order valence-electron chi connectivity index (χ3n) is 1.55. The number of carbonyl (C=O) groups is 1. The van der Waals surface area contributed by atoms with Crippen molar-refractivity contribution in [1.29, 1.82) is 0 Å². The predicted octanol–water partition coefficient (Wildman–Crippen LogP) is 0.592. The van der Waals surface area contributed by atoms with Gasteiger partial charge < -0.3 is 10.6 Å². The van der Waals surface area contributed by atoms with Crippen molar-refractivity contribution in [1.82, 2.24) is 9.88 Å². The van der Waals surface area contributed by atoms with Crippen LogP contribution in [0.25, 0.3) is 0 Å². The topological polar surface area (TPSA) is 59.2 Å². The first-order chi connectivity index (χ1) is 5.70. The lowest BCUT2D eigenvalue weighted by atomic mass is 10.2. The van der Waals surface area contributed by atoms with E-state index in [0.29, 0.717) is 6.54 Å². The number of hydrogen-bond acceptors (Lipinski definition) is 2. The highest BCUT2D eigenvalue weighted by molar-refractivity contribution is 5.71. The zero-order valence-electron chi connectivity index (χ0n) is 6.90. The molecule has 0 aliphatic rings. The van der Waals surface area contributed by atoms with Crippen LogP contribution in [0.5, 0.6) is 0 Å². The third-order valence-corrected chi connectivity index (χ3v) is 1.55. The maximum absolute atomic E-state index is 10.6. The lowest BCUT2D eigenvalue weighted by Crippen LogP contribution is -2.31. The van der Waals surface area contributed by atoms with Crippen LogP contribution in [-0.4, -0.2) is 23.0 Å². The standard InChI is InChI=1S/C8H11N3O/c1-11(8(9)12)6-7-2-4-10-5-3-7/h2-5H,6H2,1H3,(H2,9,12). The summed E-state index contributed by atoms with van der Waals surface area (Å²) in [6, 6.07) is 3.27. The Bertz CT molecular complexity index is 260. The average Bonchev–Trinajstić information content (AvgIpc) is 2.06. The van der Waals surface area contributed by atoms with Gasteiger partial charge in [0.25, 0.3) is 0 Å². The molecule has 2 amide bonds. The van der Waals surface area contributed by atoms with Crippen LogP contribution in [0.2, 0.25) is 0 Å². The number of carbonyl (C=O) groups excluding carboxylic acids is 1. The number of hydrogen-bond donors (Lipinski definition) is 1. The van der Waals surface area contributed by atoms with Gasteiger partial charge in [-0.05, 0) is 17.7 Å². The van der Waals surface area contributed by atoms with Crippen molar-refractivity contribution in [3.05, 3.63) is 30.1 Å². The molecule has 0 spiro atoms. The number of nitrogens with two attached hydrogens (primary N) is 1. The van der Waals surface area contributed by atoms with Crippen molar-refractivity contribution in [2.45, 2.75) is 6.54 Å². The summed E-state index contributed by atoms with van der Waals surface area (Å²) in [7, 11) is 1.66. The second kappa shape index (κ2) is 3.71. The summed E-state index contributed by atoms with van der Waals surface area (Å²) in [4.78, 5) is 15.9. The lowest BCUT2D eigenvalue weighted by molar-refractivity contribution is 0.216. The molecule has 1 rings (SSSR count). The van der Waals surface area contributed by atoms with Crippen LogP contribution in [0, 0.1) is 0 Å². The fraction of sp³-hybridized carbons (Fsp3) is 0.250. The summed E-state index contributed by atoms with van der Waals surface area (Å²) >= 11 is 0. The molecule has 0 aromatic carbocycles. The highest BCUT2D eigenvalue weighted by Gasteiger charge is 2.02. The van der Waals surface area contributed by atoms with Crippen molar-refractivity contribution < 1.29 is 4.79 Å². The fourth-order valence-electron chi connectivity index (χ4n) is 0.840. The minimum atomic E-state index is -0.424. The Morgan fingerprint density at radius 1 is 1.58 bits per heavy atom. The molecule has 0 bridgehead atoms. The zero-order valence-corrected chi connectivity index (χ0v) is 6.90. The number of pyridine rings is 1. The van der Waals surface area contributed by atoms with Gasteiger partial charge in [-0.25, -0.2) is 4.79 Å². The number of amides is 2. The highest BCUT2D eigenvalue weighted by atomic mass is 16.2. The van der Waals surface area contributed by atoms with E-state index in [1.165, 1.54) is 4.90 Å². The Morgan fingerprint density at radius 2 is 2.17 bits per heavy atom. The van der Waals surface area contributed by atoms with E-state index in [9.17, 15) is 4.79 Å². The second-order valence-corrected chi connectivity index (χ2v) is 2.55. The van der Waals surface area contributed by atoms with Gasteiger partial charge >= 0.3 is 6.03 Å². The normalized spacial score (nSPS) is 9.42. The Balaban J connectivity index is 2.58. The monoisotopic (exact) mass is 165 g/mol. The van der Waals surface area contributed by atoms with Gasteiger partial charge in [-0.2, -0.15) is 0 Å². The Labute approximate surface area is 71.0 Å². The van der Waals surface area contributed by atoms with Crippen LogP contribution >= 0.6 is 0 Å². The SMILES string of the molecule is CN(Cc1ccncc1)C(N)=O. The van der Waals surface area contributed by atoms with Crippen molar-refractivity contribution in [3.63, 3.8) is 0 Å². The van der Waals surface area contributed by atoms with Crippen LogP contribution in [0.3, 0.4) is 0 Å². The molecule has 0 fully saturated rings. The van der Waals surface area contributed by atoms with Crippen molar-refractivity contribution in [3.8, 4) is 0 Å².